The lowest BCUT2D eigenvalue weighted by Gasteiger charge is -2.28. The number of benzene rings is 8. The first-order valence-electron chi connectivity index (χ1n) is 16.5. The van der Waals surface area contributed by atoms with Crippen molar-refractivity contribution >= 4 is 81.2 Å². The van der Waals surface area contributed by atoms with Gasteiger partial charge in [-0.05, 0) is 88.5 Å². The number of oxazole rings is 1. The minimum Gasteiger partial charge on any atom is -0.435 e. The first-order chi connectivity index (χ1) is 24.3. The predicted molar refractivity (Wildman–Crippen MR) is 207 cm³/mol. The second kappa shape index (κ2) is 11.2. The summed E-state index contributed by atoms with van der Waals surface area (Å²) in [4.78, 5) is 7.27. The molecule has 2 aromatic heterocycles. The van der Waals surface area contributed by atoms with Gasteiger partial charge in [-0.1, -0.05) is 103 Å². The van der Waals surface area contributed by atoms with E-state index in [9.17, 15) is 0 Å². The van der Waals surface area contributed by atoms with Crippen molar-refractivity contribution < 1.29 is 4.42 Å². The van der Waals surface area contributed by atoms with Gasteiger partial charge in [0.15, 0.2) is 5.58 Å². The van der Waals surface area contributed by atoms with Crippen molar-refractivity contribution in [3.8, 4) is 22.6 Å². The zero-order chi connectivity index (χ0) is 32.3. The number of para-hydroxylation sites is 2. The molecule has 0 aliphatic rings. The fraction of sp³-hybridized carbons (Fsp3) is 0. The van der Waals surface area contributed by atoms with Gasteiger partial charge >= 0.3 is 0 Å². The van der Waals surface area contributed by atoms with Crippen LogP contribution in [0.15, 0.2) is 174 Å². The Hall–Kier alpha value is -6.23. The third-order valence-electron chi connectivity index (χ3n) is 9.46. The molecule has 0 saturated carbocycles. The number of thiophene rings is 1. The number of rotatable bonds is 5. The molecular weight excluding hydrogens is 617 g/mol. The van der Waals surface area contributed by atoms with E-state index in [0.29, 0.717) is 5.89 Å². The van der Waals surface area contributed by atoms with Gasteiger partial charge in [0.25, 0.3) is 0 Å². The molecule has 2 heterocycles. The molecule has 0 radical (unpaired) electrons. The molecule has 230 valence electrons. The van der Waals surface area contributed by atoms with Gasteiger partial charge in [-0.15, -0.1) is 11.3 Å². The summed E-state index contributed by atoms with van der Waals surface area (Å²) >= 11 is 1.85. The Morgan fingerprint density at radius 1 is 0.490 bits per heavy atom. The summed E-state index contributed by atoms with van der Waals surface area (Å²) in [5.74, 6) is 0.631. The van der Waals surface area contributed by atoms with Crippen molar-refractivity contribution in [2.45, 2.75) is 0 Å². The van der Waals surface area contributed by atoms with Gasteiger partial charge in [0, 0.05) is 48.1 Å². The topological polar surface area (TPSA) is 29.3 Å². The van der Waals surface area contributed by atoms with Gasteiger partial charge in [-0.3, -0.25) is 0 Å². The lowest BCUT2D eigenvalue weighted by Crippen LogP contribution is -2.11. The van der Waals surface area contributed by atoms with Crippen molar-refractivity contribution in [3.05, 3.63) is 170 Å². The van der Waals surface area contributed by atoms with E-state index in [0.717, 1.165) is 55.3 Å². The van der Waals surface area contributed by atoms with Gasteiger partial charge in [-0.25, -0.2) is 4.98 Å². The van der Waals surface area contributed by atoms with Crippen LogP contribution in [0.25, 0.3) is 75.4 Å². The van der Waals surface area contributed by atoms with Gasteiger partial charge in [-0.2, -0.15) is 0 Å². The Balaban J connectivity index is 1.20. The van der Waals surface area contributed by atoms with Crippen LogP contribution in [0, 0.1) is 0 Å². The fourth-order valence-electron chi connectivity index (χ4n) is 7.16. The Kier molecular flexibility index (Phi) is 6.36. The third kappa shape index (κ3) is 4.61. The maximum Gasteiger partial charge on any atom is 0.227 e. The second-order valence-corrected chi connectivity index (χ2v) is 13.4. The summed E-state index contributed by atoms with van der Waals surface area (Å²) < 4.78 is 9.17. The van der Waals surface area contributed by atoms with E-state index in [1.54, 1.807) is 0 Å². The van der Waals surface area contributed by atoms with Crippen LogP contribution >= 0.6 is 11.3 Å². The zero-order valence-electron chi connectivity index (χ0n) is 26.4. The van der Waals surface area contributed by atoms with E-state index in [1.807, 2.05) is 41.7 Å². The number of aromatic nitrogens is 1. The van der Waals surface area contributed by atoms with Crippen LogP contribution in [-0.4, -0.2) is 4.98 Å². The Morgan fingerprint density at radius 3 is 2.10 bits per heavy atom. The largest absolute Gasteiger partial charge is 0.435 e. The van der Waals surface area contributed by atoms with Crippen molar-refractivity contribution in [2.24, 2.45) is 0 Å². The molecule has 0 atom stereocenters. The zero-order valence-corrected chi connectivity index (χ0v) is 27.2. The van der Waals surface area contributed by atoms with Crippen LogP contribution in [0.5, 0.6) is 0 Å². The molecule has 0 N–H and O–H groups in total. The van der Waals surface area contributed by atoms with Gasteiger partial charge in [0.1, 0.15) is 5.52 Å². The van der Waals surface area contributed by atoms with Crippen LogP contribution in [-0.2, 0) is 0 Å². The van der Waals surface area contributed by atoms with E-state index >= 15 is 0 Å². The SMILES string of the molecule is c1ccc(-c2nc3ccc4ccc5ccc(N(c6ccccc6)c6ccccc6-c6ccc7sc8ccccc8c7c6)cc5c4c3o2)cc1. The quantitative estimate of drug-likeness (QED) is 0.175. The Bertz CT molecular complexity index is 2840. The average Bonchev–Trinajstić information content (AvgIpc) is 3.78. The minimum atomic E-state index is 0.631. The predicted octanol–water partition coefficient (Wildman–Crippen LogP) is 13.3. The van der Waals surface area contributed by atoms with Crippen LogP contribution < -0.4 is 4.90 Å². The average molecular weight is 645 g/mol. The lowest BCUT2D eigenvalue weighted by molar-refractivity contribution is 0.623. The summed E-state index contributed by atoms with van der Waals surface area (Å²) in [6, 6.07) is 60.4. The molecule has 0 saturated heterocycles. The van der Waals surface area contributed by atoms with Crippen molar-refractivity contribution in [2.75, 3.05) is 4.90 Å². The first-order valence-corrected chi connectivity index (χ1v) is 17.3. The minimum absolute atomic E-state index is 0.631. The molecule has 0 amide bonds. The summed E-state index contributed by atoms with van der Waals surface area (Å²) in [7, 11) is 0. The number of hydrogen-bond acceptors (Lipinski definition) is 4. The van der Waals surface area contributed by atoms with Gasteiger partial charge in [0.2, 0.25) is 5.89 Å². The summed E-state index contributed by atoms with van der Waals surface area (Å²) in [6.07, 6.45) is 0. The van der Waals surface area contributed by atoms with E-state index < -0.39 is 0 Å². The monoisotopic (exact) mass is 644 g/mol. The smallest absolute Gasteiger partial charge is 0.227 e. The Labute approximate surface area is 286 Å². The number of fused-ring (bicyclic) bond motifs is 8. The van der Waals surface area contributed by atoms with E-state index in [4.69, 9.17) is 9.40 Å². The van der Waals surface area contributed by atoms with E-state index in [2.05, 4.69) is 144 Å². The number of hydrogen-bond donors (Lipinski definition) is 0. The molecule has 0 aliphatic carbocycles. The Morgan fingerprint density at radius 2 is 1.20 bits per heavy atom. The number of nitrogens with zero attached hydrogens (tertiary/aromatic N) is 2. The van der Waals surface area contributed by atoms with Gasteiger partial charge in [0.05, 0.1) is 5.69 Å². The first kappa shape index (κ1) is 27.8. The summed E-state index contributed by atoms with van der Waals surface area (Å²) in [5.41, 5.74) is 8.26. The highest BCUT2D eigenvalue weighted by Gasteiger charge is 2.20. The molecule has 0 fully saturated rings. The molecule has 3 nitrogen and oxygen atoms in total. The molecule has 0 spiro atoms. The molecule has 0 unspecified atom stereocenters. The van der Waals surface area contributed by atoms with E-state index in [-0.39, 0.29) is 0 Å². The van der Waals surface area contributed by atoms with Crippen LogP contribution in [0.4, 0.5) is 17.1 Å². The number of anilines is 3. The highest BCUT2D eigenvalue weighted by atomic mass is 32.1. The second-order valence-electron chi connectivity index (χ2n) is 12.4. The van der Waals surface area contributed by atoms with Gasteiger partial charge < -0.3 is 9.32 Å². The summed E-state index contributed by atoms with van der Waals surface area (Å²) in [5, 5.41) is 7.07. The van der Waals surface area contributed by atoms with E-state index in [1.165, 1.54) is 31.3 Å². The molecule has 49 heavy (non-hydrogen) atoms. The molecule has 8 aromatic carbocycles. The van der Waals surface area contributed by atoms with Crippen molar-refractivity contribution in [1.29, 1.82) is 0 Å². The van der Waals surface area contributed by atoms with Crippen LogP contribution in [0.1, 0.15) is 0 Å². The van der Waals surface area contributed by atoms with Crippen LogP contribution in [0.3, 0.4) is 0 Å². The molecule has 10 rings (SSSR count). The molecular formula is C45H28N2OS. The van der Waals surface area contributed by atoms with Crippen molar-refractivity contribution in [3.63, 3.8) is 0 Å². The third-order valence-corrected chi connectivity index (χ3v) is 10.6. The van der Waals surface area contributed by atoms with Crippen molar-refractivity contribution in [1.82, 2.24) is 4.98 Å². The maximum absolute atomic E-state index is 6.56. The molecule has 4 heteroatoms. The standard InChI is InChI=1S/C45H28N2OS/c1-3-11-31(12-4-1)45-46-39-25-22-30-20-19-29-21-24-34(28-37(29)43(30)44(39)48-45)47(33-13-5-2-6-14-33)40-17-9-7-15-35(40)32-23-26-42-38(27-32)36-16-8-10-18-41(36)49-42/h1-28H. The van der Waals surface area contributed by atoms with Crippen LogP contribution in [0.2, 0.25) is 0 Å². The maximum atomic E-state index is 6.56. The highest BCUT2D eigenvalue weighted by Crippen LogP contribution is 2.44. The lowest BCUT2D eigenvalue weighted by atomic mass is 9.98. The fourth-order valence-corrected chi connectivity index (χ4v) is 8.25. The molecule has 0 aliphatic heterocycles. The summed E-state index contributed by atoms with van der Waals surface area (Å²) in [6.45, 7) is 0. The molecule has 10 aromatic rings. The highest BCUT2D eigenvalue weighted by molar-refractivity contribution is 7.25. The normalized spacial score (nSPS) is 11.7. The molecule has 0 bridgehead atoms.